The van der Waals surface area contributed by atoms with E-state index < -0.39 is 15.8 Å². The van der Waals surface area contributed by atoms with Gasteiger partial charge in [0.15, 0.2) is 5.96 Å². The van der Waals surface area contributed by atoms with E-state index >= 15 is 0 Å². The summed E-state index contributed by atoms with van der Waals surface area (Å²) >= 11 is 1.98. The van der Waals surface area contributed by atoms with Gasteiger partial charge >= 0.3 is 5.76 Å². The Bertz CT molecular complexity index is 564. The average Bonchev–Trinajstić information content (AvgIpc) is 3.02. The smallest absolute Gasteiger partial charge is 0.350 e. The Morgan fingerprint density at radius 1 is 1.35 bits per heavy atom. The van der Waals surface area contributed by atoms with Gasteiger partial charge in [-0.1, -0.05) is 0 Å². The lowest BCUT2D eigenvalue weighted by atomic mass is 9.98. The van der Waals surface area contributed by atoms with E-state index in [1.165, 1.54) is 18.6 Å². The Hall–Kier alpha value is 0.120. The molecule has 11 heteroatoms. The molecular weight excluding hydrogens is 497 g/mol. The molecule has 0 bridgehead atoms. The third-order valence-corrected chi connectivity index (χ3v) is 7.94. The molecule has 26 heavy (non-hydrogen) atoms. The van der Waals surface area contributed by atoms with Crippen LogP contribution in [0.3, 0.4) is 0 Å². The molecule has 0 amide bonds. The Morgan fingerprint density at radius 2 is 2.00 bits per heavy atom. The number of halogens is 3. The quantitative estimate of drug-likeness (QED) is 0.316. The van der Waals surface area contributed by atoms with Gasteiger partial charge in [-0.3, -0.25) is 4.99 Å². The second kappa shape index (κ2) is 10.6. The van der Waals surface area contributed by atoms with E-state index in [1.54, 1.807) is 7.05 Å². The highest BCUT2D eigenvalue weighted by atomic mass is 127. The van der Waals surface area contributed by atoms with Crippen LogP contribution in [0.1, 0.15) is 32.6 Å². The molecule has 0 aromatic rings. The van der Waals surface area contributed by atoms with E-state index in [0.29, 0.717) is 19.4 Å². The number of hydrogen-bond donors (Lipinski definition) is 2. The van der Waals surface area contributed by atoms with Crippen molar-refractivity contribution in [2.75, 3.05) is 39.0 Å². The molecular formula is C15H29F2IN4O2S2. The number of rotatable bonds is 6. The molecule has 2 rings (SSSR count). The molecule has 2 saturated heterocycles. The second-order valence-electron chi connectivity index (χ2n) is 6.86. The van der Waals surface area contributed by atoms with E-state index in [4.69, 9.17) is 0 Å². The standard InChI is InChI=1S/C15H28F2N4O2S2.HI/c1-15(6-3-9-24-15)11-20-14(18-2)19-10-12-4-7-21(8-5-12)25(22,23)13(16)17;/h12-13H,3-11H2,1-2H3,(H2,18,19,20);1H. The van der Waals surface area contributed by atoms with Crippen LogP contribution in [0.2, 0.25) is 0 Å². The molecule has 6 nitrogen and oxygen atoms in total. The molecule has 2 N–H and O–H groups in total. The van der Waals surface area contributed by atoms with E-state index in [-0.39, 0.29) is 47.7 Å². The first kappa shape index (κ1) is 24.2. The van der Waals surface area contributed by atoms with Gasteiger partial charge < -0.3 is 10.6 Å². The minimum atomic E-state index is -4.44. The molecule has 0 saturated carbocycles. The molecule has 0 radical (unpaired) electrons. The number of aliphatic imine (C=N–C) groups is 1. The maximum absolute atomic E-state index is 12.6. The molecule has 154 valence electrons. The van der Waals surface area contributed by atoms with E-state index in [1.807, 2.05) is 11.8 Å². The Kier molecular flexibility index (Phi) is 9.85. The van der Waals surface area contributed by atoms with Crippen LogP contribution in [-0.4, -0.2) is 68.2 Å². The maximum atomic E-state index is 12.6. The zero-order valence-electron chi connectivity index (χ0n) is 15.2. The second-order valence-corrected chi connectivity index (χ2v) is 10.4. The summed E-state index contributed by atoms with van der Waals surface area (Å²) in [4.78, 5) is 4.22. The lowest BCUT2D eigenvalue weighted by Crippen LogP contribution is -2.47. The lowest BCUT2D eigenvalue weighted by Gasteiger charge is -2.31. The zero-order valence-corrected chi connectivity index (χ0v) is 19.2. The van der Waals surface area contributed by atoms with Crippen LogP contribution in [0, 0.1) is 5.92 Å². The van der Waals surface area contributed by atoms with Crippen LogP contribution in [0.15, 0.2) is 4.99 Å². The molecule has 2 aliphatic rings. The van der Waals surface area contributed by atoms with Crippen LogP contribution in [0.25, 0.3) is 0 Å². The van der Waals surface area contributed by atoms with Crippen molar-refractivity contribution in [2.45, 2.75) is 43.1 Å². The summed E-state index contributed by atoms with van der Waals surface area (Å²) in [5.41, 5.74) is 0. The van der Waals surface area contributed by atoms with Crippen LogP contribution in [0.5, 0.6) is 0 Å². The highest BCUT2D eigenvalue weighted by Crippen LogP contribution is 2.36. The minimum Gasteiger partial charge on any atom is -0.356 e. The summed E-state index contributed by atoms with van der Waals surface area (Å²) in [5.74, 6) is -1.15. The Morgan fingerprint density at radius 3 is 2.50 bits per heavy atom. The third-order valence-electron chi connectivity index (χ3n) is 4.87. The summed E-state index contributed by atoms with van der Waals surface area (Å²) in [6, 6.07) is 0. The van der Waals surface area contributed by atoms with Crippen molar-refractivity contribution in [1.29, 1.82) is 0 Å². The fourth-order valence-electron chi connectivity index (χ4n) is 3.19. The molecule has 2 heterocycles. The molecule has 0 aromatic carbocycles. The van der Waals surface area contributed by atoms with E-state index in [9.17, 15) is 17.2 Å². The van der Waals surface area contributed by atoms with Gasteiger partial charge in [-0.2, -0.15) is 24.8 Å². The molecule has 1 atom stereocenters. The van der Waals surface area contributed by atoms with Crippen molar-refractivity contribution in [3.8, 4) is 0 Å². The van der Waals surface area contributed by atoms with Gasteiger partial charge in [0.1, 0.15) is 0 Å². The van der Waals surface area contributed by atoms with Crippen LogP contribution in [-0.2, 0) is 10.0 Å². The van der Waals surface area contributed by atoms with Crippen molar-refractivity contribution in [2.24, 2.45) is 10.9 Å². The van der Waals surface area contributed by atoms with Crippen LogP contribution < -0.4 is 10.6 Å². The molecule has 2 aliphatic heterocycles. The fourth-order valence-corrected chi connectivity index (χ4v) is 5.38. The maximum Gasteiger partial charge on any atom is 0.350 e. The van der Waals surface area contributed by atoms with Gasteiger partial charge in [0.05, 0.1) is 0 Å². The van der Waals surface area contributed by atoms with Gasteiger partial charge in [0.2, 0.25) is 0 Å². The fraction of sp³-hybridized carbons (Fsp3) is 0.933. The zero-order chi connectivity index (χ0) is 18.5. The minimum absolute atomic E-state index is 0. The number of hydrogen-bond acceptors (Lipinski definition) is 4. The van der Waals surface area contributed by atoms with Gasteiger partial charge in [-0.25, -0.2) is 8.42 Å². The normalized spacial score (nSPS) is 26.0. The highest BCUT2D eigenvalue weighted by Gasteiger charge is 2.34. The number of sulfonamides is 1. The van der Waals surface area contributed by atoms with Crippen LogP contribution >= 0.6 is 35.7 Å². The summed E-state index contributed by atoms with van der Waals surface area (Å²) in [7, 11) is -2.72. The summed E-state index contributed by atoms with van der Waals surface area (Å²) in [6.07, 6.45) is 3.58. The predicted molar refractivity (Wildman–Crippen MR) is 114 cm³/mol. The Balaban J connectivity index is 0.00000338. The monoisotopic (exact) mass is 526 g/mol. The molecule has 0 spiro atoms. The Labute approximate surface area is 176 Å². The van der Waals surface area contributed by atoms with Crippen LogP contribution in [0.4, 0.5) is 8.78 Å². The third kappa shape index (κ3) is 6.62. The van der Waals surface area contributed by atoms with Crippen molar-refractivity contribution in [3.63, 3.8) is 0 Å². The number of guanidine groups is 1. The number of piperidine rings is 1. The van der Waals surface area contributed by atoms with Crippen molar-refractivity contribution >= 4 is 51.7 Å². The summed E-state index contributed by atoms with van der Waals surface area (Å²) < 4.78 is 49.2. The predicted octanol–water partition coefficient (Wildman–Crippen LogP) is 2.32. The van der Waals surface area contributed by atoms with Gasteiger partial charge in [-0.15, -0.1) is 24.0 Å². The van der Waals surface area contributed by atoms with Crippen molar-refractivity contribution in [1.82, 2.24) is 14.9 Å². The first-order valence-electron chi connectivity index (χ1n) is 8.62. The molecule has 1 unspecified atom stereocenters. The topological polar surface area (TPSA) is 73.8 Å². The SMILES string of the molecule is CN=C(NCC1CCN(S(=O)(=O)C(F)F)CC1)NCC1(C)CCCS1.I. The van der Waals surface area contributed by atoms with Gasteiger partial charge in [-0.05, 0) is 44.3 Å². The van der Waals surface area contributed by atoms with E-state index in [0.717, 1.165) is 16.8 Å². The molecule has 0 aliphatic carbocycles. The number of nitrogens with zero attached hydrogens (tertiary/aromatic N) is 2. The molecule has 0 aromatic heterocycles. The van der Waals surface area contributed by atoms with Crippen molar-refractivity contribution in [3.05, 3.63) is 0 Å². The number of alkyl halides is 2. The largest absolute Gasteiger partial charge is 0.356 e. The van der Waals surface area contributed by atoms with E-state index in [2.05, 4.69) is 22.5 Å². The van der Waals surface area contributed by atoms with Gasteiger partial charge in [0.25, 0.3) is 10.0 Å². The molecule has 2 fully saturated rings. The number of thioether (sulfide) groups is 1. The number of nitrogens with one attached hydrogen (secondary N) is 2. The highest BCUT2D eigenvalue weighted by molar-refractivity contribution is 14.0. The lowest BCUT2D eigenvalue weighted by molar-refractivity contribution is 0.204. The van der Waals surface area contributed by atoms with Crippen molar-refractivity contribution < 1.29 is 17.2 Å². The first-order valence-corrected chi connectivity index (χ1v) is 11.1. The first-order chi connectivity index (χ1) is 11.8. The summed E-state index contributed by atoms with van der Waals surface area (Å²) in [5, 5.41) is 6.62. The summed E-state index contributed by atoms with van der Waals surface area (Å²) in [6.45, 7) is 4.07. The average molecular weight is 526 g/mol. The van der Waals surface area contributed by atoms with Gasteiger partial charge in [0, 0.05) is 38.0 Å².